The van der Waals surface area contributed by atoms with E-state index >= 15 is 0 Å². The van der Waals surface area contributed by atoms with E-state index in [0.29, 0.717) is 11.5 Å². The zero-order valence-electron chi connectivity index (χ0n) is 7.28. The molecule has 1 aromatic carbocycles. The Balaban J connectivity index is 2.71. The molecule has 0 aliphatic rings. The molecule has 0 radical (unpaired) electrons. The van der Waals surface area contributed by atoms with E-state index in [4.69, 9.17) is 17.0 Å². The van der Waals surface area contributed by atoms with Gasteiger partial charge in [-0.3, -0.25) is 4.57 Å². The van der Waals surface area contributed by atoms with Crippen molar-refractivity contribution in [2.24, 2.45) is 0 Å². The summed E-state index contributed by atoms with van der Waals surface area (Å²) in [5, 5.41) is 0. The Kier molecular flexibility index (Phi) is 2.16. The van der Waals surface area contributed by atoms with Crippen molar-refractivity contribution in [3.8, 4) is 0 Å². The molecule has 13 heavy (non-hydrogen) atoms. The van der Waals surface area contributed by atoms with E-state index in [0.717, 1.165) is 11.0 Å². The zero-order valence-corrected chi connectivity index (χ0v) is 8.10. The normalized spacial score (nSPS) is 10.8. The van der Waals surface area contributed by atoms with Gasteiger partial charge in [-0.2, -0.15) is 0 Å². The molecule has 68 valence electrons. The summed E-state index contributed by atoms with van der Waals surface area (Å²) in [6.45, 7) is 0.489. The number of ether oxygens (including phenoxy) is 1. The highest BCUT2D eigenvalue weighted by Crippen LogP contribution is 2.12. The first kappa shape index (κ1) is 8.47. The second-order valence-electron chi connectivity index (χ2n) is 2.79. The van der Waals surface area contributed by atoms with E-state index in [1.807, 2.05) is 28.8 Å². The van der Waals surface area contributed by atoms with Crippen molar-refractivity contribution in [1.82, 2.24) is 9.55 Å². The second-order valence-corrected chi connectivity index (χ2v) is 3.18. The molecule has 0 unspecified atom stereocenters. The smallest absolute Gasteiger partial charge is 0.180 e. The molecule has 0 saturated heterocycles. The van der Waals surface area contributed by atoms with Gasteiger partial charge >= 0.3 is 0 Å². The highest BCUT2D eigenvalue weighted by Gasteiger charge is 2.01. The third-order valence-electron chi connectivity index (χ3n) is 1.94. The van der Waals surface area contributed by atoms with E-state index in [9.17, 15) is 0 Å². The number of fused-ring (bicyclic) bond motifs is 1. The summed E-state index contributed by atoms with van der Waals surface area (Å²) in [7, 11) is 1.66. The first-order chi connectivity index (χ1) is 6.33. The largest absolute Gasteiger partial charge is 0.364 e. The molecule has 1 N–H and O–H groups in total. The number of nitrogens with one attached hydrogen (secondary N) is 1. The van der Waals surface area contributed by atoms with Crippen molar-refractivity contribution >= 4 is 23.3 Å². The maximum atomic E-state index is 5.15. The maximum absolute atomic E-state index is 5.15. The third kappa shape index (κ3) is 1.38. The van der Waals surface area contributed by atoms with Crippen molar-refractivity contribution in [3.05, 3.63) is 29.0 Å². The van der Waals surface area contributed by atoms with Gasteiger partial charge in [0.05, 0.1) is 11.0 Å². The average molecular weight is 194 g/mol. The van der Waals surface area contributed by atoms with E-state index in [2.05, 4.69) is 4.98 Å². The van der Waals surface area contributed by atoms with Gasteiger partial charge in [-0.15, -0.1) is 0 Å². The number of benzene rings is 1. The number of methoxy groups -OCH3 is 1. The lowest BCUT2D eigenvalue weighted by Gasteiger charge is -2.00. The standard InChI is InChI=1S/C9H10N2OS/c1-12-6-11-8-5-3-2-4-7(8)10-9(11)13/h2-5H,6H2,1H3,(H,10,13). The summed E-state index contributed by atoms with van der Waals surface area (Å²) in [5.41, 5.74) is 2.12. The van der Waals surface area contributed by atoms with Crippen LogP contribution in [-0.4, -0.2) is 16.7 Å². The molecule has 0 aliphatic carbocycles. The van der Waals surface area contributed by atoms with E-state index < -0.39 is 0 Å². The van der Waals surface area contributed by atoms with E-state index in [1.54, 1.807) is 7.11 Å². The van der Waals surface area contributed by atoms with Gasteiger partial charge in [-0.1, -0.05) is 12.1 Å². The van der Waals surface area contributed by atoms with E-state index in [1.165, 1.54) is 0 Å². The Labute approximate surface area is 81.0 Å². The predicted octanol–water partition coefficient (Wildman–Crippen LogP) is 2.30. The van der Waals surface area contributed by atoms with Crippen LogP contribution in [0.15, 0.2) is 24.3 Å². The molecule has 0 bridgehead atoms. The average Bonchev–Trinajstić information content (AvgIpc) is 2.44. The number of imidazole rings is 1. The molecule has 1 aromatic heterocycles. The van der Waals surface area contributed by atoms with Crippen molar-refractivity contribution in [3.63, 3.8) is 0 Å². The van der Waals surface area contributed by atoms with Crippen LogP contribution in [0.4, 0.5) is 0 Å². The first-order valence-electron chi connectivity index (χ1n) is 3.99. The zero-order chi connectivity index (χ0) is 9.26. The van der Waals surface area contributed by atoms with Gasteiger partial charge in [0.2, 0.25) is 0 Å². The molecule has 4 heteroatoms. The highest BCUT2D eigenvalue weighted by atomic mass is 32.1. The molecular formula is C9H10N2OS. The van der Waals surface area contributed by atoms with Crippen LogP contribution in [0.2, 0.25) is 0 Å². The Morgan fingerprint density at radius 2 is 2.23 bits per heavy atom. The van der Waals surface area contributed by atoms with Crippen molar-refractivity contribution < 1.29 is 4.74 Å². The molecule has 3 nitrogen and oxygen atoms in total. The maximum Gasteiger partial charge on any atom is 0.180 e. The lowest BCUT2D eigenvalue weighted by atomic mass is 10.3. The Morgan fingerprint density at radius 1 is 1.46 bits per heavy atom. The van der Waals surface area contributed by atoms with Crippen LogP contribution in [0, 0.1) is 4.77 Å². The Hall–Kier alpha value is -1.13. The van der Waals surface area contributed by atoms with Crippen LogP contribution in [0.5, 0.6) is 0 Å². The molecule has 0 atom stereocenters. The lowest BCUT2D eigenvalue weighted by Crippen LogP contribution is -1.98. The van der Waals surface area contributed by atoms with Crippen LogP contribution in [0.3, 0.4) is 0 Å². The summed E-state index contributed by atoms with van der Waals surface area (Å²) in [4.78, 5) is 3.11. The molecule has 2 aromatic rings. The van der Waals surface area contributed by atoms with Gasteiger partial charge in [0.25, 0.3) is 0 Å². The van der Waals surface area contributed by atoms with Gasteiger partial charge < -0.3 is 9.72 Å². The van der Waals surface area contributed by atoms with Gasteiger partial charge in [0.1, 0.15) is 6.73 Å². The number of rotatable bonds is 2. The number of hydrogen-bond acceptors (Lipinski definition) is 2. The summed E-state index contributed by atoms with van der Waals surface area (Å²) >= 11 is 5.15. The predicted molar refractivity (Wildman–Crippen MR) is 54.1 cm³/mol. The number of hydrogen-bond donors (Lipinski definition) is 1. The minimum Gasteiger partial charge on any atom is -0.364 e. The summed E-state index contributed by atoms with van der Waals surface area (Å²) < 4.78 is 7.67. The number of nitrogens with zero attached hydrogens (tertiary/aromatic N) is 1. The van der Waals surface area contributed by atoms with E-state index in [-0.39, 0.29) is 0 Å². The summed E-state index contributed by atoms with van der Waals surface area (Å²) in [6, 6.07) is 7.97. The molecule has 0 aliphatic heterocycles. The van der Waals surface area contributed by atoms with Gasteiger partial charge in [0.15, 0.2) is 4.77 Å². The van der Waals surface area contributed by atoms with Crippen LogP contribution in [-0.2, 0) is 11.5 Å². The molecule has 2 rings (SSSR count). The van der Waals surface area contributed by atoms with Gasteiger partial charge in [-0.05, 0) is 24.4 Å². The van der Waals surface area contributed by atoms with Crippen LogP contribution < -0.4 is 0 Å². The van der Waals surface area contributed by atoms with Crippen molar-refractivity contribution in [2.75, 3.05) is 7.11 Å². The minimum atomic E-state index is 0.489. The van der Waals surface area contributed by atoms with Crippen LogP contribution in [0.1, 0.15) is 0 Å². The highest BCUT2D eigenvalue weighted by molar-refractivity contribution is 7.71. The Morgan fingerprint density at radius 3 is 3.00 bits per heavy atom. The monoisotopic (exact) mass is 194 g/mol. The summed E-state index contributed by atoms with van der Waals surface area (Å²) in [6.07, 6.45) is 0. The Bertz CT molecular complexity index is 472. The lowest BCUT2D eigenvalue weighted by molar-refractivity contribution is 0.133. The molecular weight excluding hydrogens is 184 g/mol. The molecule has 0 saturated carbocycles. The quantitative estimate of drug-likeness (QED) is 0.743. The van der Waals surface area contributed by atoms with Crippen LogP contribution >= 0.6 is 12.2 Å². The number of para-hydroxylation sites is 2. The van der Waals surface area contributed by atoms with Crippen molar-refractivity contribution in [1.29, 1.82) is 0 Å². The molecule has 0 spiro atoms. The molecule has 1 heterocycles. The van der Waals surface area contributed by atoms with Gasteiger partial charge in [0, 0.05) is 7.11 Å². The van der Waals surface area contributed by atoms with Gasteiger partial charge in [-0.25, -0.2) is 0 Å². The minimum absolute atomic E-state index is 0.489. The second kappa shape index (κ2) is 3.32. The summed E-state index contributed by atoms with van der Waals surface area (Å²) in [5.74, 6) is 0. The SMILES string of the molecule is COCn1c(=S)[nH]c2ccccc21. The molecule has 0 amide bonds. The number of aromatic nitrogens is 2. The number of aromatic amines is 1. The fourth-order valence-electron chi connectivity index (χ4n) is 1.36. The van der Waals surface area contributed by atoms with Crippen molar-refractivity contribution in [2.45, 2.75) is 6.73 Å². The topological polar surface area (TPSA) is 29.9 Å². The number of H-pyrrole nitrogens is 1. The van der Waals surface area contributed by atoms with Crippen LogP contribution in [0.25, 0.3) is 11.0 Å². The first-order valence-corrected chi connectivity index (χ1v) is 4.40. The molecule has 0 fully saturated rings. The third-order valence-corrected chi connectivity index (χ3v) is 2.26. The fourth-order valence-corrected chi connectivity index (χ4v) is 1.63. The fraction of sp³-hybridized carbons (Fsp3) is 0.222.